The first-order valence-electron chi connectivity index (χ1n) is 12.2. The second-order valence-electron chi connectivity index (χ2n) is 9.67. The van der Waals surface area contributed by atoms with Crippen LogP contribution in [0.2, 0.25) is 0 Å². The summed E-state index contributed by atoms with van der Waals surface area (Å²) in [4.78, 5) is 39.4. The molecule has 37 heavy (non-hydrogen) atoms. The number of urea groups is 1. The van der Waals surface area contributed by atoms with E-state index in [9.17, 15) is 14.4 Å². The summed E-state index contributed by atoms with van der Waals surface area (Å²) in [7, 11) is 1.30. The third kappa shape index (κ3) is 8.49. The van der Waals surface area contributed by atoms with Crippen LogP contribution in [-0.4, -0.2) is 48.7 Å². The standard InChI is InChI=1S/C30H34N2O5/c1-30(2,3)37-27(33)21-32(29(35)31-25-17-11-16-24(20-25)28(34)36-4)19-18-26(22-12-7-5-8-13-22)23-14-9-6-10-15-23/h5-17,20,26H,18-19,21H2,1-4H3,(H,31,35). The SMILES string of the molecule is COC(=O)c1cccc(NC(=O)N(CCC(c2ccccc2)c2ccccc2)CC(=O)OC(C)(C)C)c1. The van der Waals surface area contributed by atoms with Crippen molar-refractivity contribution in [2.75, 3.05) is 25.5 Å². The number of nitrogens with one attached hydrogen (secondary N) is 1. The number of rotatable bonds is 9. The van der Waals surface area contributed by atoms with Crippen LogP contribution in [0.15, 0.2) is 84.9 Å². The second kappa shape index (κ2) is 12.7. The van der Waals surface area contributed by atoms with Crippen molar-refractivity contribution in [1.29, 1.82) is 0 Å². The molecule has 0 atom stereocenters. The number of hydrogen-bond donors (Lipinski definition) is 1. The highest BCUT2D eigenvalue weighted by molar-refractivity contribution is 5.94. The lowest BCUT2D eigenvalue weighted by molar-refractivity contribution is -0.155. The van der Waals surface area contributed by atoms with Gasteiger partial charge in [0, 0.05) is 18.2 Å². The summed E-state index contributed by atoms with van der Waals surface area (Å²) in [5.74, 6) is -0.976. The van der Waals surface area contributed by atoms with E-state index in [0.29, 0.717) is 24.2 Å². The smallest absolute Gasteiger partial charge is 0.337 e. The van der Waals surface area contributed by atoms with E-state index < -0.39 is 23.6 Å². The third-order valence-electron chi connectivity index (χ3n) is 5.65. The predicted octanol–water partition coefficient (Wildman–Crippen LogP) is 5.87. The van der Waals surface area contributed by atoms with E-state index in [0.717, 1.165) is 11.1 Å². The fourth-order valence-corrected chi connectivity index (χ4v) is 4.01. The molecule has 7 heteroatoms. The van der Waals surface area contributed by atoms with Gasteiger partial charge < -0.3 is 19.7 Å². The van der Waals surface area contributed by atoms with Gasteiger partial charge in [0.25, 0.3) is 0 Å². The summed E-state index contributed by atoms with van der Waals surface area (Å²) in [5, 5.41) is 2.80. The average molecular weight is 503 g/mol. The molecular formula is C30H34N2O5. The number of hydrogen-bond acceptors (Lipinski definition) is 5. The molecule has 1 N–H and O–H groups in total. The second-order valence-corrected chi connectivity index (χ2v) is 9.67. The Morgan fingerprint density at radius 3 is 2.00 bits per heavy atom. The Labute approximate surface area is 218 Å². The molecule has 3 aromatic carbocycles. The highest BCUT2D eigenvalue weighted by Crippen LogP contribution is 2.28. The van der Waals surface area contributed by atoms with E-state index in [1.54, 1.807) is 39.0 Å². The summed E-state index contributed by atoms with van der Waals surface area (Å²) in [6, 6.07) is 26.2. The maximum absolute atomic E-state index is 13.3. The molecule has 0 saturated heterocycles. The number of amides is 2. The summed E-state index contributed by atoms with van der Waals surface area (Å²) in [6.45, 7) is 5.45. The van der Waals surface area contributed by atoms with Gasteiger partial charge in [0.05, 0.1) is 12.7 Å². The van der Waals surface area contributed by atoms with Gasteiger partial charge >= 0.3 is 18.0 Å². The molecule has 0 aliphatic carbocycles. The van der Waals surface area contributed by atoms with Gasteiger partial charge in [-0.25, -0.2) is 9.59 Å². The van der Waals surface area contributed by atoms with Crippen LogP contribution in [0.1, 0.15) is 54.6 Å². The van der Waals surface area contributed by atoms with Crippen LogP contribution < -0.4 is 5.32 Å². The minimum Gasteiger partial charge on any atom is -0.465 e. The van der Waals surface area contributed by atoms with Crippen molar-refractivity contribution in [3.05, 3.63) is 102 Å². The number of carbonyl (C=O) groups excluding carboxylic acids is 3. The number of carbonyl (C=O) groups is 3. The number of esters is 2. The lowest BCUT2D eigenvalue weighted by atomic mass is 9.88. The molecule has 0 aliphatic heterocycles. The fourth-order valence-electron chi connectivity index (χ4n) is 4.01. The lowest BCUT2D eigenvalue weighted by Gasteiger charge is -2.27. The lowest BCUT2D eigenvalue weighted by Crippen LogP contribution is -2.42. The molecule has 0 radical (unpaired) electrons. The molecule has 0 unspecified atom stereocenters. The zero-order valence-electron chi connectivity index (χ0n) is 21.8. The van der Waals surface area contributed by atoms with E-state index >= 15 is 0 Å². The number of anilines is 1. The first-order chi connectivity index (χ1) is 17.7. The zero-order valence-corrected chi connectivity index (χ0v) is 21.8. The van der Waals surface area contributed by atoms with Gasteiger partial charge in [-0.1, -0.05) is 66.7 Å². The van der Waals surface area contributed by atoms with Crippen LogP contribution in [0.4, 0.5) is 10.5 Å². The van der Waals surface area contributed by atoms with E-state index in [2.05, 4.69) is 29.6 Å². The van der Waals surface area contributed by atoms with Crippen LogP contribution in [0, 0.1) is 0 Å². The van der Waals surface area contributed by atoms with Crippen molar-refractivity contribution in [1.82, 2.24) is 4.90 Å². The quantitative estimate of drug-likeness (QED) is 0.370. The Bertz CT molecular complexity index is 1150. The first kappa shape index (κ1) is 27.5. The minimum absolute atomic E-state index is 0.0268. The number of benzene rings is 3. The van der Waals surface area contributed by atoms with E-state index in [-0.39, 0.29) is 12.5 Å². The van der Waals surface area contributed by atoms with Crippen LogP contribution in [0.25, 0.3) is 0 Å². The molecule has 0 aliphatic rings. The van der Waals surface area contributed by atoms with Crippen LogP contribution in [0.3, 0.4) is 0 Å². The summed E-state index contributed by atoms with van der Waals surface area (Å²) >= 11 is 0. The minimum atomic E-state index is -0.676. The van der Waals surface area contributed by atoms with Gasteiger partial charge in [0.15, 0.2) is 0 Å². The fraction of sp³-hybridized carbons (Fsp3) is 0.300. The summed E-state index contributed by atoms with van der Waals surface area (Å²) in [5.41, 5.74) is 2.30. The van der Waals surface area contributed by atoms with E-state index in [4.69, 9.17) is 9.47 Å². The highest BCUT2D eigenvalue weighted by Gasteiger charge is 2.24. The van der Waals surface area contributed by atoms with Crippen LogP contribution >= 0.6 is 0 Å². The molecule has 0 bridgehead atoms. The molecule has 0 saturated carbocycles. The van der Waals surface area contributed by atoms with Crippen LogP contribution in [0.5, 0.6) is 0 Å². The zero-order chi connectivity index (χ0) is 26.8. The number of methoxy groups -OCH3 is 1. The van der Waals surface area contributed by atoms with Gasteiger partial charge in [0.2, 0.25) is 0 Å². The van der Waals surface area contributed by atoms with Gasteiger partial charge in [-0.05, 0) is 56.5 Å². The predicted molar refractivity (Wildman–Crippen MR) is 144 cm³/mol. The van der Waals surface area contributed by atoms with E-state index in [1.165, 1.54) is 18.1 Å². The van der Waals surface area contributed by atoms with Crippen molar-refractivity contribution >= 4 is 23.7 Å². The van der Waals surface area contributed by atoms with E-state index in [1.807, 2.05) is 36.4 Å². The maximum atomic E-state index is 13.3. The van der Waals surface area contributed by atoms with Crippen molar-refractivity contribution in [2.45, 2.75) is 38.7 Å². The van der Waals surface area contributed by atoms with Crippen molar-refractivity contribution < 1.29 is 23.9 Å². The molecule has 0 aromatic heterocycles. The molecule has 194 valence electrons. The molecule has 0 spiro atoms. The average Bonchev–Trinajstić information content (AvgIpc) is 2.88. The highest BCUT2D eigenvalue weighted by atomic mass is 16.6. The molecule has 0 heterocycles. The monoisotopic (exact) mass is 502 g/mol. The summed E-state index contributed by atoms with van der Waals surface area (Å²) < 4.78 is 10.3. The van der Waals surface area contributed by atoms with Gasteiger partial charge in [-0.2, -0.15) is 0 Å². The molecular weight excluding hydrogens is 468 g/mol. The number of nitrogens with zero attached hydrogens (tertiary/aromatic N) is 1. The molecule has 3 aromatic rings. The first-order valence-corrected chi connectivity index (χ1v) is 12.2. The van der Waals surface area contributed by atoms with Gasteiger partial charge in [-0.3, -0.25) is 4.79 Å². The topological polar surface area (TPSA) is 84.9 Å². The Morgan fingerprint density at radius 2 is 1.46 bits per heavy atom. The molecule has 3 rings (SSSR count). The van der Waals surface area contributed by atoms with Gasteiger partial charge in [-0.15, -0.1) is 0 Å². The summed E-state index contributed by atoms with van der Waals surface area (Å²) in [6.07, 6.45) is 0.590. The largest absolute Gasteiger partial charge is 0.465 e. The Morgan fingerprint density at radius 1 is 0.865 bits per heavy atom. The molecule has 7 nitrogen and oxygen atoms in total. The Kier molecular flexibility index (Phi) is 9.44. The van der Waals surface area contributed by atoms with Crippen molar-refractivity contribution in [3.63, 3.8) is 0 Å². The van der Waals surface area contributed by atoms with Crippen molar-refractivity contribution in [3.8, 4) is 0 Å². The van der Waals surface area contributed by atoms with Crippen molar-refractivity contribution in [2.24, 2.45) is 0 Å². The normalized spacial score (nSPS) is 11.1. The Hall–Kier alpha value is -4.13. The third-order valence-corrected chi connectivity index (χ3v) is 5.65. The van der Waals surface area contributed by atoms with Crippen LogP contribution in [-0.2, 0) is 14.3 Å². The Balaban J connectivity index is 1.82. The molecule has 0 fully saturated rings. The molecule has 2 amide bonds. The number of ether oxygens (including phenoxy) is 2. The maximum Gasteiger partial charge on any atom is 0.337 e. The van der Waals surface area contributed by atoms with Gasteiger partial charge in [0.1, 0.15) is 12.1 Å².